The standard InChI is InChI=1S/C14H22N4O2/c1-10(2)17-14(19)18-11-5-6-13(15-8-11)16-9-12-4-3-7-20-12/h5-6,8,10,12H,3-4,7,9H2,1-2H3,(H,15,16)(H2,17,18,19). The summed E-state index contributed by atoms with van der Waals surface area (Å²) in [6, 6.07) is 3.56. The van der Waals surface area contributed by atoms with Crippen molar-refractivity contribution in [2.75, 3.05) is 23.8 Å². The second-order valence-electron chi connectivity index (χ2n) is 5.20. The van der Waals surface area contributed by atoms with Gasteiger partial charge in [-0.2, -0.15) is 0 Å². The number of aromatic nitrogens is 1. The van der Waals surface area contributed by atoms with E-state index in [0.717, 1.165) is 31.8 Å². The van der Waals surface area contributed by atoms with Crippen molar-refractivity contribution in [2.24, 2.45) is 0 Å². The summed E-state index contributed by atoms with van der Waals surface area (Å²) in [5.41, 5.74) is 0.672. The second-order valence-corrected chi connectivity index (χ2v) is 5.20. The van der Waals surface area contributed by atoms with Gasteiger partial charge in [0.25, 0.3) is 0 Å². The summed E-state index contributed by atoms with van der Waals surface area (Å²) < 4.78 is 5.53. The van der Waals surface area contributed by atoms with E-state index in [0.29, 0.717) is 5.69 Å². The number of hydrogen-bond acceptors (Lipinski definition) is 4. The average molecular weight is 278 g/mol. The Hall–Kier alpha value is -1.82. The van der Waals surface area contributed by atoms with Crippen molar-refractivity contribution in [2.45, 2.75) is 38.8 Å². The molecule has 3 N–H and O–H groups in total. The van der Waals surface area contributed by atoms with Gasteiger partial charge in [0.05, 0.1) is 18.0 Å². The van der Waals surface area contributed by atoms with Crippen molar-refractivity contribution in [3.8, 4) is 0 Å². The Morgan fingerprint density at radius 1 is 1.50 bits per heavy atom. The smallest absolute Gasteiger partial charge is 0.319 e. The Morgan fingerprint density at radius 3 is 2.95 bits per heavy atom. The lowest BCUT2D eigenvalue weighted by Gasteiger charge is -2.12. The number of hydrogen-bond donors (Lipinski definition) is 3. The third-order valence-electron chi connectivity index (χ3n) is 2.98. The molecule has 1 fully saturated rings. The molecule has 0 saturated carbocycles. The van der Waals surface area contributed by atoms with E-state index < -0.39 is 0 Å². The molecule has 1 atom stereocenters. The molecule has 2 heterocycles. The van der Waals surface area contributed by atoms with Gasteiger partial charge in [-0.25, -0.2) is 9.78 Å². The Morgan fingerprint density at radius 2 is 2.35 bits per heavy atom. The van der Waals surface area contributed by atoms with E-state index in [1.807, 2.05) is 26.0 Å². The summed E-state index contributed by atoms with van der Waals surface area (Å²) in [6.07, 6.45) is 4.15. The lowest BCUT2D eigenvalue weighted by atomic mass is 10.2. The van der Waals surface area contributed by atoms with Gasteiger partial charge in [0.2, 0.25) is 0 Å². The third kappa shape index (κ3) is 4.70. The number of pyridine rings is 1. The van der Waals surface area contributed by atoms with Crippen LogP contribution in [0.3, 0.4) is 0 Å². The van der Waals surface area contributed by atoms with Crippen LogP contribution in [0.1, 0.15) is 26.7 Å². The number of carbonyl (C=O) groups excluding carboxylic acids is 1. The monoisotopic (exact) mass is 278 g/mol. The second kappa shape index (κ2) is 7.09. The summed E-state index contributed by atoms with van der Waals surface area (Å²) in [5, 5.41) is 8.73. The molecule has 2 rings (SSSR count). The Kier molecular flexibility index (Phi) is 5.17. The first kappa shape index (κ1) is 14.6. The number of nitrogens with zero attached hydrogens (tertiary/aromatic N) is 1. The van der Waals surface area contributed by atoms with Crippen molar-refractivity contribution < 1.29 is 9.53 Å². The van der Waals surface area contributed by atoms with Gasteiger partial charge in [-0.1, -0.05) is 0 Å². The molecule has 1 aliphatic rings. The maximum atomic E-state index is 11.5. The van der Waals surface area contributed by atoms with E-state index in [4.69, 9.17) is 4.74 Å². The van der Waals surface area contributed by atoms with Crippen molar-refractivity contribution in [1.29, 1.82) is 0 Å². The highest BCUT2D eigenvalue weighted by Gasteiger charge is 2.14. The molecular weight excluding hydrogens is 256 g/mol. The summed E-state index contributed by atoms with van der Waals surface area (Å²) in [5.74, 6) is 0.787. The van der Waals surface area contributed by atoms with Crippen LogP contribution in [0.15, 0.2) is 18.3 Å². The van der Waals surface area contributed by atoms with E-state index >= 15 is 0 Å². The zero-order valence-electron chi connectivity index (χ0n) is 12.0. The van der Waals surface area contributed by atoms with Gasteiger partial charge in [-0.15, -0.1) is 0 Å². The minimum Gasteiger partial charge on any atom is -0.376 e. The van der Waals surface area contributed by atoms with Gasteiger partial charge in [0.1, 0.15) is 5.82 Å². The highest BCUT2D eigenvalue weighted by atomic mass is 16.5. The lowest BCUT2D eigenvalue weighted by Crippen LogP contribution is -2.34. The van der Waals surface area contributed by atoms with Crippen molar-refractivity contribution in [3.05, 3.63) is 18.3 Å². The normalized spacial score (nSPS) is 18.1. The molecule has 1 aliphatic heterocycles. The molecule has 110 valence electrons. The molecule has 0 spiro atoms. The Balaban J connectivity index is 1.78. The van der Waals surface area contributed by atoms with Crippen LogP contribution in [0.4, 0.5) is 16.3 Å². The number of ether oxygens (including phenoxy) is 1. The van der Waals surface area contributed by atoms with Crippen LogP contribution in [0.2, 0.25) is 0 Å². The molecule has 0 aromatic carbocycles. The number of carbonyl (C=O) groups is 1. The third-order valence-corrected chi connectivity index (χ3v) is 2.98. The minimum atomic E-state index is -0.220. The molecule has 2 amide bonds. The van der Waals surface area contributed by atoms with E-state index in [9.17, 15) is 4.79 Å². The fourth-order valence-electron chi connectivity index (χ4n) is 2.03. The first-order valence-corrected chi connectivity index (χ1v) is 7.02. The average Bonchev–Trinajstić information content (AvgIpc) is 2.90. The van der Waals surface area contributed by atoms with E-state index in [1.54, 1.807) is 6.20 Å². The van der Waals surface area contributed by atoms with Crippen molar-refractivity contribution in [1.82, 2.24) is 10.3 Å². The van der Waals surface area contributed by atoms with Crippen molar-refractivity contribution in [3.63, 3.8) is 0 Å². The number of amides is 2. The molecule has 20 heavy (non-hydrogen) atoms. The molecule has 1 saturated heterocycles. The number of urea groups is 1. The molecule has 0 radical (unpaired) electrons. The van der Waals surface area contributed by atoms with Gasteiger partial charge < -0.3 is 20.7 Å². The largest absolute Gasteiger partial charge is 0.376 e. The first-order chi connectivity index (χ1) is 9.63. The van der Waals surface area contributed by atoms with E-state index in [2.05, 4.69) is 20.9 Å². The zero-order valence-corrected chi connectivity index (χ0v) is 12.0. The molecule has 1 unspecified atom stereocenters. The molecule has 0 aliphatic carbocycles. The van der Waals surface area contributed by atoms with Crippen molar-refractivity contribution >= 4 is 17.5 Å². The predicted octanol–water partition coefficient (Wildman–Crippen LogP) is 2.20. The molecule has 6 nitrogen and oxygen atoms in total. The van der Waals surface area contributed by atoms with Gasteiger partial charge in [-0.05, 0) is 38.8 Å². The SMILES string of the molecule is CC(C)NC(=O)Nc1ccc(NCC2CCCO2)nc1. The van der Waals surface area contributed by atoms with Crippen LogP contribution < -0.4 is 16.0 Å². The topological polar surface area (TPSA) is 75.3 Å². The fraction of sp³-hybridized carbons (Fsp3) is 0.571. The number of nitrogens with one attached hydrogen (secondary N) is 3. The van der Waals surface area contributed by atoms with Gasteiger partial charge in [-0.3, -0.25) is 0 Å². The fourth-order valence-corrected chi connectivity index (χ4v) is 2.03. The highest BCUT2D eigenvalue weighted by molar-refractivity contribution is 5.89. The molecule has 0 bridgehead atoms. The van der Waals surface area contributed by atoms with Gasteiger partial charge in [0.15, 0.2) is 0 Å². The summed E-state index contributed by atoms with van der Waals surface area (Å²) >= 11 is 0. The van der Waals surface area contributed by atoms with E-state index in [1.165, 1.54) is 0 Å². The van der Waals surface area contributed by atoms with E-state index in [-0.39, 0.29) is 18.2 Å². The van der Waals surface area contributed by atoms with Crippen LogP contribution in [0, 0.1) is 0 Å². The quantitative estimate of drug-likeness (QED) is 0.772. The number of anilines is 2. The number of rotatable bonds is 5. The molecule has 6 heteroatoms. The summed E-state index contributed by atoms with van der Waals surface area (Å²) in [4.78, 5) is 15.8. The molecule has 1 aromatic heterocycles. The highest BCUT2D eigenvalue weighted by Crippen LogP contribution is 2.14. The van der Waals surface area contributed by atoms with Crippen LogP contribution in [-0.2, 0) is 4.74 Å². The van der Waals surface area contributed by atoms with Crippen LogP contribution >= 0.6 is 0 Å². The van der Waals surface area contributed by atoms with Crippen LogP contribution in [0.25, 0.3) is 0 Å². The first-order valence-electron chi connectivity index (χ1n) is 7.02. The minimum absolute atomic E-state index is 0.107. The summed E-state index contributed by atoms with van der Waals surface area (Å²) in [6.45, 7) is 5.45. The van der Waals surface area contributed by atoms with Gasteiger partial charge >= 0.3 is 6.03 Å². The van der Waals surface area contributed by atoms with Gasteiger partial charge in [0, 0.05) is 19.2 Å². The van der Waals surface area contributed by atoms with Crippen LogP contribution in [0.5, 0.6) is 0 Å². The molecular formula is C14H22N4O2. The van der Waals surface area contributed by atoms with Crippen LogP contribution in [-0.4, -0.2) is 36.3 Å². The Labute approximate surface area is 119 Å². The lowest BCUT2D eigenvalue weighted by molar-refractivity contribution is 0.120. The maximum Gasteiger partial charge on any atom is 0.319 e. The maximum absolute atomic E-state index is 11.5. The predicted molar refractivity (Wildman–Crippen MR) is 79.0 cm³/mol. The zero-order chi connectivity index (χ0) is 14.4. The Bertz CT molecular complexity index is 427. The summed E-state index contributed by atoms with van der Waals surface area (Å²) in [7, 11) is 0. The molecule has 1 aromatic rings.